The van der Waals surface area contributed by atoms with Crippen LogP contribution in [0.15, 0.2) is 46.6 Å². The van der Waals surface area contributed by atoms with E-state index in [0.717, 1.165) is 56.3 Å². The fourth-order valence-corrected chi connectivity index (χ4v) is 6.76. The van der Waals surface area contributed by atoms with Crippen LogP contribution in [-0.2, 0) is 17.8 Å². The van der Waals surface area contributed by atoms with Crippen molar-refractivity contribution in [3.05, 3.63) is 69.5 Å². The lowest BCUT2D eigenvalue weighted by molar-refractivity contribution is -0.467. The number of likely N-dealkylation sites (N-methyl/N-ethyl adjacent to an activating group) is 1. The predicted molar refractivity (Wildman–Crippen MR) is 161 cm³/mol. The smallest absolute Gasteiger partial charge is 0.232 e. The van der Waals surface area contributed by atoms with Crippen molar-refractivity contribution in [2.24, 2.45) is 4.99 Å². The molecule has 8 nitrogen and oxygen atoms in total. The van der Waals surface area contributed by atoms with Crippen molar-refractivity contribution < 1.29 is 9.37 Å². The van der Waals surface area contributed by atoms with Crippen LogP contribution in [0.25, 0.3) is 0 Å². The number of nitrogens with zero attached hydrogens (tertiary/aromatic N) is 5. The van der Waals surface area contributed by atoms with Gasteiger partial charge in [0, 0.05) is 71.1 Å². The van der Waals surface area contributed by atoms with Gasteiger partial charge in [0.05, 0.1) is 12.2 Å². The van der Waals surface area contributed by atoms with Gasteiger partial charge in [-0.05, 0) is 75.2 Å². The van der Waals surface area contributed by atoms with Gasteiger partial charge in [-0.2, -0.15) is 4.58 Å². The first-order chi connectivity index (χ1) is 18.8. The number of hydrogen-bond acceptors (Lipinski definition) is 6. The molecule has 1 amide bonds. The van der Waals surface area contributed by atoms with Gasteiger partial charge in [0.15, 0.2) is 5.70 Å². The molecule has 206 valence electrons. The van der Waals surface area contributed by atoms with Gasteiger partial charge in [-0.1, -0.05) is 6.07 Å². The third-order valence-corrected chi connectivity index (χ3v) is 9.31. The maximum atomic E-state index is 13.0. The lowest BCUT2D eigenvalue weighted by atomic mass is 10.0. The maximum absolute atomic E-state index is 13.0. The molecule has 0 bridgehead atoms. The number of aliphatic imine (C=N–C) groups is 1. The number of aryl methyl sites for hydroxylation is 2. The first-order valence-electron chi connectivity index (χ1n) is 14.0. The van der Waals surface area contributed by atoms with Crippen molar-refractivity contribution in [1.29, 1.82) is 0 Å². The third-order valence-electron chi connectivity index (χ3n) is 7.87. The topological polar surface area (TPSA) is 75.9 Å². The van der Waals surface area contributed by atoms with Crippen LogP contribution < -0.4 is 10.6 Å². The minimum Gasteiger partial charge on any atom is -0.326 e. The molecule has 0 aliphatic carbocycles. The largest absolute Gasteiger partial charge is 0.326 e. The van der Waals surface area contributed by atoms with E-state index in [1.807, 2.05) is 18.5 Å². The molecule has 3 aliphatic rings. The predicted octanol–water partition coefficient (Wildman–Crippen LogP) is 3.65. The van der Waals surface area contributed by atoms with E-state index < -0.39 is 0 Å². The zero-order valence-electron chi connectivity index (χ0n) is 23.8. The summed E-state index contributed by atoms with van der Waals surface area (Å²) in [6.07, 6.45) is 6.32. The molecule has 1 aromatic carbocycles. The number of carbonyl (C=O) groups excluding carboxylic acids is 1. The second kappa shape index (κ2) is 12.2. The number of pyridine rings is 1. The van der Waals surface area contributed by atoms with Crippen LogP contribution in [0.4, 0.5) is 5.69 Å². The van der Waals surface area contributed by atoms with Gasteiger partial charge in [-0.25, -0.2) is 4.99 Å². The van der Waals surface area contributed by atoms with Crippen LogP contribution in [0, 0.1) is 13.8 Å². The van der Waals surface area contributed by atoms with Crippen LogP contribution in [0.3, 0.4) is 0 Å². The Hall–Kier alpha value is -2.77. The summed E-state index contributed by atoms with van der Waals surface area (Å²) in [4.78, 5) is 27.0. The quantitative estimate of drug-likeness (QED) is 0.371. The summed E-state index contributed by atoms with van der Waals surface area (Å²) in [5.41, 5.74) is 8.91. The van der Waals surface area contributed by atoms with E-state index in [1.54, 1.807) is 0 Å². The molecular formula is C30H41N7OP+. The van der Waals surface area contributed by atoms with Crippen LogP contribution >= 0.6 is 8.58 Å². The van der Waals surface area contributed by atoms with E-state index in [-0.39, 0.29) is 24.2 Å². The molecule has 3 unspecified atom stereocenters. The van der Waals surface area contributed by atoms with Crippen molar-refractivity contribution in [2.75, 3.05) is 45.1 Å². The lowest BCUT2D eigenvalue weighted by Gasteiger charge is -2.32. The third kappa shape index (κ3) is 6.69. The molecule has 2 aromatic rings. The number of anilines is 1. The summed E-state index contributed by atoms with van der Waals surface area (Å²) < 4.78 is 2.28. The highest BCUT2D eigenvalue weighted by Crippen LogP contribution is 2.39. The number of rotatable bonds is 9. The number of allylic oxidation sites excluding steroid dienone is 1. The minimum atomic E-state index is -0.0476. The van der Waals surface area contributed by atoms with Crippen molar-refractivity contribution >= 4 is 32.6 Å². The number of hydrogen-bond donors (Lipinski definition) is 2. The van der Waals surface area contributed by atoms with E-state index in [2.05, 4.69) is 94.1 Å². The van der Waals surface area contributed by atoms with Gasteiger partial charge in [0.2, 0.25) is 17.6 Å². The number of nitrogens with one attached hydrogen (secondary N) is 2. The summed E-state index contributed by atoms with van der Waals surface area (Å²) in [5.74, 6) is 0.167. The Balaban J connectivity index is 1.18. The average Bonchev–Trinajstić information content (AvgIpc) is 2.90. The number of aromatic nitrogens is 1. The fourth-order valence-electron chi connectivity index (χ4n) is 5.32. The van der Waals surface area contributed by atoms with Crippen molar-refractivity contribution in [3.63, 3.8) is 0 Å². The molecule has 0 spiro atoms. The Labute approximate surface area is 234 Å². The van der Waals surface area contributed by atoms with E-state index >= 15 is 0 Å². The molecule has 9 heteroatoms. The number of piperazine rings is 1. The van der Waals surface area contributed by atoms with Crippen molar-refractivity contribution in [2.45, 2.75) is 52.5 Å². The SMILES string of the molecule is CC[N+]1=CC2=C1PC(NC(C)c1cc(NC(=O)Cc3cc(CN4CCN(C)CC4)c(C)cn3)ccc1C)C=N2. The van der Waals surface area contributed by atoms with Crippen molar-refractivity contribution in [3.8, 4) is 0 Å². The minimum absolute atomic E-state index is 0.0476. The average molecular weight is 547 g/mol. The van der Waals surface area contributed by atoms with Gasteiger partial charge in [-0.15, -0.1) is 0 Å². The molecular weight excluding hydrogens is 505 g/mol. The molecule has 1 fully saturated rings. The fraction of sp³-hybridized carbons (Fsp3) is 0.467. The standard InChI is InChI=1S/C30H40N7OP/c1-6-37-19-27-30(37)39-29(17-32-27)33-22(4)26-14-24(8-7-20(26)2)34-28(38)15-25-13-23(21(3)16-31-25)18-36-11-9-35(5)10-12-36/h7-8,13-14,16-17,19,22,29,33,39H,6,9-12,15,18H2,1-5H3/p+1. The zero-order chi connectivity index (χ0) is 27.5. The molecule has 2 N–H and O–H groups in total. The summed E-state index contributed by atoms with van der Waals surface area (Å²) >= 11 is 0. The molecule has 39 heavy (non-hydrogen) atoms. The van der Waals surface area contributed by atoms with E-state index in [1.165, 1.54) is 27.7 Å². The van der Waals surface area contributed by atoms with Crippen molar-refractivity contribution in [1.82, 2.24) is 20.1 Å². The van der Waals surface area contributed by atoms with Crippen LogP contribution in [0.5, 0.6) is 0 Å². The normalized spacial score (nSPS) is 20.9. The van der Waals surface area contributed by atoms with Gasteiger partial charge in [0.25, 0.3) is 0 Å². The summed E-state index contributed by atoms with van der Waals surface area (Å²) in [6.45, 7) is 14.8. The summed E-state index contributed by atoms with van der Waals surface area (Å²) in [6, 6.07) is 8.39. The monoisotopic (exact) mass is 546 g/mol. The van der Waals surface area contributed by atoms with E-state index in [0.29, 0.717) is 8.58 Å². The second-order valence-electron chi connectivity index (χ2n) is 10.9. The second-order valence-corrected chi connectivity index (χ2v) is 12.3. The van der Waals surface area contributed by atoms with Crippen LogP contribution in [0.1, 0.15) is 47.8 Å². The molecule has 5 rings (SSSR count). The highest BCUT2D eigenvalue weighted by molar-refractivity contribution is 7.44. The number of amides is 1. The van der Waals surface area contributed by atoms with Gasteiger partial charge in [-0.3, -0.25) is 20.0 Å². The number of carbonyl (C=O) groups is 1. The summed E-state index contributed by atoms with van der Waals surface area (Å²) in [5, 5.41) is 6.84. The first kappa shape index (κ1) is 27.8. The van der Waals surface area contributed by atoms with E-state index in [4.69, 9.17) is 0 Å². The van der Waals surface area contributed by atoms with Gasteiger partial charge in [0.1, 0.15) is 6.54 Å². The molecule has 4 heterocycles. The Morgan fingerprint density at radius 1 is 1.18 bits per heavy atom. The van der Waals surface area contributed by atoms with Gasteiger partial charge >= 0.3 is 0 Å². The molecule has 1 aromatic heterocycles. The Kier molecular flexibility index (Phi) is 8.67. The number of benzene rings is 1. The van der Waals surface area contributed by atoms with Crippen LogP contribution in [-0.4, -0.2) is 83.3 Å². The molecule has 0 saturated carbocycles. The molecule has 3 atom stereocenters. The molecule has 1 saturated heterocycles. The highest BCUT2D eigenvalue weighted by atomic mass is 31.1. The van der Waals surface area contributed by atoms with Gasteiger partial charge < -0.3 is 10.2 Å². The zero-order valence-corrected chi connectivity index (χ0v) is 24.8. The van der Waals surface area contributed by atoms with Crippen LogP contribution in [0.2, 0.25) is 0 Å². The summed E-state index contributed by atoms with van der Waals surface area (Å²) in [7, 11) is 2.84. The Morgan fingerprint density at radius 2 is 1.97 bits per heavy atom. The molecule has 0 radical (unpaired) electrons. The Morgan fingerprint density at radius 3 is 2.74 bits per heavy atom. The Bertz CT molecular complexity index is 1330. The first-order valence-corrected chi connectivity index (χ1v) is 15.0. The van der Waals surface area contributed by atoms with E-state index in [9.17, 15) is 4.79 Å². The highest BCUT2D eigenvalue weighted by Gasteiger charge is 2.33. The maximum Gasteiger partial charge on any atom is 0.232 e. The molecule has 3 aliphatic heterocycles. The lowest BCUT2D eigenvalue weighted by Crippen LogP contribution is -2.44.